The van der Waals surface area contributed by atoms with Gasteiger partial charge in [-0.25, -0.2) is 4.98 Å². The molecule has 0 aliphatic carbocycles. The highest BCUT2D eigenvalue weighted by Crippen LogP contribution is 2.35. The minimum absolute atomic E-state index is 0.0491. The molecule has 3 aromatic heterocycles. The number of nitrogens with one attached hydrogen (secondary N) is 3. The van der Waals surface area contributed by atoms with Gasteiger partial charge in [0.1, 0.15) is 17.6 Å². The van der Waals surface area contributed by atoms with Gasteiger partial charge in [-0.1, -0.05) is 25.1 Å². The van der Waals surface area contributed by atoms with Gasteiger partial charge in [-0.05, 0) is 54.6 Å². The summed E-state index contributed by atoms with van der Waals surface area (Å²) in [6.45, 7) is 6.43. The number of benzene rings is 2. The number of aromatic nitrogens is 4. The van der Waals surface area contributed by atoms with Crippen LogP contribution in [0.4, 0.5) is 5.69 Å². The lowest BCUT2D eigenvalue weighted by molar-refractivity contribution is -0.136. The number of hydrogen-bond acceptors (Lipinski definition) is 10. The van der Waals surface area contributed by atoms with Crippen molar-refractivity contribution in [3.63, 3.8) is 0 Å². The molecule has 3 N–H and O–H groups in total. The number of fused-ring (bicyclic) bond motifs is 3. The number of hydrogen-bond donors (Lipinski definition) is 3. The maximum atomic E-state index is 13.1. The molecule has 0 saturated carbocycles. The number of carbonyl (C=O) groups excluding carboxylic acids is 6. The van der Waals surface area contributed by atoms with E-state index in [-0.39, 0.29) is 41.5 Å². The number of aryl methyl sites for hydroxylation is 1. The molecule has 8 rings (SSSR count). The van der Waals surface area contributed by atoms with Crippen LogP contribution in [-0.2, 0) is 33.9 Å². The highest BCUT2D eigenvalue weighted by atomic mass is 16.2. The van der Waals surface area contributed by atoms with E-state index in [1.807, 2.05) is 41.4 Å². The molecule has 6 heterocycles. The Bertz CT molecular complexity index is 2460. The lowest BCUT2D eigenvalue weighted by atomic mass is 10.0. The van der Waals surface area contributed by atoms with Gasteiger partial charge in [0.15, 0.2) is 0 Å². The van der Waals surface area contributed by atoms with Crippen LogP contribution in [0.15, 0.2) is 67.0 Å². The van der Waals surface area contributed by atoms with E-state index in [1.165, 1.54) is 0 Å². The van der Waals surface area contributed by atoms with Gasteiger partial charge in [0.05, 0.1) is 34.8 Å². The molecule has 2 aromatic carbocycles. The van der Waals surface area contributed by atoms with E-state index < -0.39 is 29.7 Å². The molecule has 56 heavy (non-hydrogen) atoms. The summed E-state index contributed by atoms with van der Waals surface area (Å²) in [5, 5.41) is 10.2. The molecule has 6 amide bonds. The predicted molar refractivity (Wildman–Crippen MR) is 205 cm³/mol. The summed E-state index contributed by atoms with van der Waals surface area (Å²) in [5.41, 5.74) is 5.63. The highest BCUT2D eigenvalue weighted by Gasteiger charge is 2.44. The molecule has 5 aromatic rings. The summed E-state index contributed by atoms with van der Waals surface area (Å²) in [6.07, 6.45) is 4.98. The third kappa shape index (κ3) is 6.65. The lowest BCUT2D eigenvalue weighted by Crippen LogP contribution is -2.54. The number of imide groups is 2. The first-order valence-corrected chi connectivity index (χ1v) is 18.7. The van der Waals surface area contributed by atoms with Crippen LogP contribution in [0.25, 0.3) is 33.3 Å². The van der Waals surface area contributed by atoms with E-state index >= 15 is 0 Å². The fourth-order valence-corrected chi connectivity index (χ4v) is 7.61. The molecule has 15 nitrogen and oxygen atoms in total. The predicted octanol–water partition coefficient (Wildman–Crippen LogP) is 3.72. The van der Waals surface area contributed by atoms with E-state index in [4.69, 9.17) is 9.97 Å². The lowest BCUT2D eigenvalue weighted by Gasteiger charge is -2.28. The van der Waals surface area contributed by atoms with Crippen molar-refractivity contribution >= 4 is 51.9 Å². The second kappa shape index (κ2) is 14.8. The minimum Gasteiger partial charge on any atom is -0.385 e. The maximum Gasteiger partial charge on any atom is 0.269 e. The Morgan fingerprint density at radius 3 is 2.52 bits per heavy atom. The second-order valence-corrected chi connectivity index (χ2v) is 14.0. The smallest absolute Gasteiger partial charge is 0.269 e. The molecule has 1 saturated heterocycles. The summed E-state index contributed by atoms with van der Waals surface area (Å²) in [7, 11) is 0. The Hall–Kier alpha value is -6.77. The second-order valence-electron chi connectivity index (χ2n) is 14.0. The largest absolute Gasteiger partial charge is 0.385 e. The number of piperidine rings is 1. The first-order valence-electron chi connectivity index (χ1n) is 18.7. The average molecular weight is 754 g/mol. The zero-order valence-corrected chi connectivity index (χ0v) is 30.9. The van der Waals surface area contributed by atoms with Crippen molar-refractivity contribution < 1.29 is 28.8 Å². The molecule has 15 heteroatoms. The van der Waals surface area contributed by atoms with Gasteiger partial charge in [0.25, 0.3) is 17.7 Å². The van der Waals surface area contributed by atoms with Gasteiger partial charge < -0.3 is 20.1 Å². The fraction of sp³-hybridized carbons (Fsp3) is 0.293. The molecule has 284 valence electrons. The van der Waals surface area contributed by atoms with Crippen molar-refractivity contribution in [3.05, 3.63) is 95.3 Å². The molecule has 1 unspecified atom stereocenters. The maximum absolute atomic E-state index is 13.1. The number of imidazole rings is 1. The van der Waals surface area contributed by atoms with E-state index in [2.05, 4.69) is 32.4 Å². The molecular formula is C41H39N9O6. The average Bonchev–Trinajstić information content (AvgIpc) is 3.70. The topological polar surface area (TPSA) is 189 Å². The minimum atomic E-state index is -1.02. The molecule has 3 aliphatic rings. The van der Waals surface area contributed by atoms with Gasteiger partial charge in [-0.3, -0.25) is 49.0 Å². The van der Waals surface area contributed by atoms with Crippen molar-refractivity contribution in [1.29, 1.82) is 0 Å². The van der Waals surface area contributed by atoms with Crippen LogP contribution in [0.2, 0.25) is 0 Å². The van der Waals surface area contributed by atoms with Crippen molar-refractivity contribution in [2.24, 2.45) is 0 Å². The van der Waals surface area contributed by atoms with Crippen LogP contribution in [0.3, 0.4) is 0 Å². The first kappa shape index (κ1) is 36.2. The summed E-state index contributed by atoms with van der Waals surface area (Å²) < 4.78 is 2.24. The Labute approximate surface area is 321 Å². The van der Waals surface area contributed by atoms with Crippen molar-refractivity contribution in [1.82, 2.24) is 40.0 Å². The van der Waals surface area contributed by atoms with E-state index in [0.717, 1.165) is 57.0 Å². The van der Waals surface area contributed by atoms with Gasteiger partial charge in [0.2, 0.25) is 17.7 Å². The fourth-order valence-electron chi connectivity index (χ4n) is 7.61. The van der Waals surface area contributed by atoms with Gasteiger partial charge >= 0.3 is 0 Å². The number of nitrogens with zero attached hydrogens (tertiary/aromatic N) is 6. The number of rotatable bonds is 10. The van der Waals surface area contributed by atoms with Crippen LogP contribution < -0.4 is 16.0 Å². The van der Waals surface area contributed by atoms with E-state index in [9.17, 15) is 28.8 Å². The normalized spacial score (nSPS) is 16.5. The standard InChI is InChI=1S/C41H39N9O6/c1-3-35-46-37(34-22-48(23(2)51)16-17-49(34)35)27-7-4-6-24-18-32(45-21-30(24)27)25-8-11-31(44-20-25)38(53)43-15-5-14-42-26-9-10-28-29(19-26)41(56)50(40(28)55)33-12-13-36(52)47-39(33)54/h4,6-11,18-21,33,42H,3,5,12-17,22H2,1-2H3,(H,43,53)(H,47,52,54). The Kier molecular flexibility index (Phi) is 9.58. The van der Waals surface area contributed by atoms with Gasteiger partial charge in [0, 0.05) is 80.5 Å². The third-order valence-corrected chi connectivity index (χ3v) is 10.6. The van der Waals surface area contributed by atoms with Gasteiger partial charge in [-0.15, -0.1) is 0 Å². The molecule has 1 fully saturated rings. The number of pyridine rings is 2. The molecular weight excluding hydrogens is 715 g/mol. The van der Waals surface area contributed by atoms with Crippen molar-refractivity contribution in [2.45, 2.75) is 58.7 Å². The molecule has 0 bridgehead atoms. The Morgan fingerprint density at radius 1 is 0.911 bits per heavy atom. The van der Waals surface area contributed by atoms with Crippen LogP contribution >= 0.6 is 0 Å². The van der Waals surface area contributed by atoms with Crippen LogP contribution in [-0.4, -0.2) is 90.4 Å². The number of amides is 6. The van der Waals surface area contributed by atoms with Gasteiger partial charge in [-0.2, -0.15) is 0 Å². The zero-order chi connectivity index (χ0) is 39.1. The summed E-state index contributed by atoms with van der Waals surface area (Å²) in [5.74, 6) is -1.48. The monoisotopic (exact) mass is 753 g/mol. The number of carbonyl (C=O) groups is 6. The van der Waals surface area contributed by atoms with Crippen LogP contribution in [0.5, 0.6) is 0 Å². The van der Waals surface area contributed by atoms with E-state index in [1.54, 1.807) is 37.4 Å². The third-order valence-electron chi connectivity index (χ3n) is 10.6. The summed E-state index contributed by atoms with van der Waals surface area (Å²) in [6, 6.07) is 15.3. The zero-order valence-electron chi connectivity index (χ0n) is 30.9. The summed E-state index contributed by atoms with van der Waals surface area (Å²) >= 11 is 0. The summed E-state index contributed by atoms with van der Waals surface area (Å²) in [4.78, 5) is 92.0. The molecule has 1 atom stereocenters. The van der Waals surface area contributed by atoms with Crippen molar-refractivity contribution in [2.75, 3.05) is 25.0 Å². The van der Waals surface area contributed by atoms with E-state index in [0.29, 0.717) is 44.0 Å². The van der Waals surface area contributed by atoms with Crippen molar-refractivity contribution in [3.8, 4) is 22.5 Å². The quantitative estimate of drug-likeness (QED) is 0.140. The molecule has 0 spiro atoms. The molecule has 3 aliphatic heterocycles. The molecule has 0 radical (unpaired) electrons. The van der Waals surface area contributed by atoms with Crippen LogP contribution in [0, 0.1) is 0 Å². The Balaban J connectivity index is 0.869. The first-order chi connectivity index (χ1) is 27.1. The SMILES string of the molecule is CCc1nc(-c2cccc3cc(-c4ccc(C(=O)NCCCNc5ccc6c(c5)C(=O)N(C5CCC(=O)NC5=O)C6=O)nc4)ncc23)c2n1CCN(C(C)=O)C2. The Morgan fingerprint density at radius 2 is 1.75 bits per heavy atom. The van der Waals surface area contributed by atoms with Crippen LogP contribution in [0.1, 0.15) is 75.8 Å². The highest BCUT2D eigenvalue weighted by molar-refractivity contribution is 6.23. The number of anilines is 1.